The maximum atomic E-state index is 13.5. The van der Waals surface area contributed by atoms with Gasteiger partial charge in [0.2, 0.25) is 6.04 Å². The molecule has 0 bridgehead atoms. The number of nitrogens with zero attached hydrogens (tertiary/aromatic N) is 2. The molecule has 0 saturated heterocycles. The van der Waals surface area contributed by atoms with Crippen LogP contribution in [-0.4, -0.2) is 48.0 Å². The number of fused-ring (bicyclic) bond motifs is 7. The minimum Gasteiger partial charge on any atom is -1.00 e. The highest BCUT2D eigenvalue weighted by Crippen LogP contribution is 2.77. The third-order valence-corrected chi connectivity index (χ3v) is 17.3. The second-order valence-corrected chi connectivity index (χ2v) is 19.7. The molecule has 0 N–H and O–H groups in total. The standard InChI is InChI=1S/C46H68N2O4.2ClH/c1-31(2)34-18-23-46(30-51-40(49)32(3)47-26-12-10-13-27-47)25-24-44(8)35(39(34)46)16-17-37-43(7)21-20-38(42(5,6)36(43)19-22-45(37,44)9)52-41(50)33(4)48-28-14-11-15-29-48;;/h10-12,14-15,26,28-29,32-39H,1,13,16-25,27,30H2,2-9H3;2*1H/q+2;;/p-2/t32?,33?,34-,35?,36?,37?,38-,39?,43-,44+,45+,46+;;/m0../s1. The van der Waals surface area contributed by atoms with Crippen LogP contribution >= 0.6 is 0 Å². The van der Waals surface area contributed by atoms with Crippen molar-refractivity contribution in [1.82, 2.24) is 0 Å². The van der Waals surface area contributed by atoms with Crippen LogP contribution in [0.3, 0.4) is 0 Å². The van der Waals surface area contributed by atoms with E-state index in [1.165, 1.54) is 44.1 Å². The van der Waals surface area contributed by atoms with E-state index in [2.05, 4.69) is 64.8 Å². The SMILES string of the molecule is C=C(C)[C@@H]1CC[C@]2(COC(=O)C(C)[N+]3=CC=CCC3)CC[C@]3(C)C(CCC4[C@@]5(C)CC[C@H](OC(=O)C(C)[n+]6ccccc6)C(C)(C)C5CC[C@]43C)C12.[Cl-].[Cl-]. The van der Waals surface area contributed by atoms with Crippen LogP contribution in [0.2, 0.25) is 0 Å². The lowest BCUT2D eigenvalue weighted by Gasteiger charge is -2.73. The first-order valence-corrected chi connectivity index (χ1v) is 20.8. The van der Waals surface area contributed by atoms with Gasteiger partial charge in [-0.1, -0.05) is 58.9 Å². The molecule has 6 nitrogen and oxygen atoms in total. The van der Waals surface area contributed by atoms with Gasteiger partial charge in [-0.05, 0) is 123 Å². The molecule has 8 heteroatoms. The molecule has 54 heavy (non-hydrogen) atoms. The number of hydrogen-bond donors (Lipinski definition) is 0. The van der Waals surface area contributed by atoms with Gasteiger partial charge in [-0.2, -0.15) is 4.57 Å². The number of ether oxygens (including phenoxy) is 2. The van der Waals surface area contributed by atoms with Crippen molar-refractivity contribution in [1.29, 1.82) is 0 Å². The van der Waals surface area contributed by atoms with Gasteiger partial charge in [-0.3, -0.25) is 0 Å². The number of hydrogen-bond acceptors (Lipinski definition) is 4. The molecule has 1 aliphatic heterocycles. The second-order valence-electron chi connectivity index (χ2n) is 19.7. The average molecular weight is 784 g/mol. The fourth-order valence-corrected chi connectivity index (χ4v) is 14.1. The number of halogens is 2. The fourth-order valence-electron chi connectivity index (χ4n) is 14.1. The first kappa shape index (κ1) is 43.0. The third kappa shape index (κ3) is 6.73. The Hall–Kier alpha value is -2.18. The molecule has 0 spiro atoms. The zero-order valence-corrected chi connectivity index (χ0v) is 35.9. The Morgan fingerprint density at radius 2 is 1.54 bits per heavy atom. The molecule has 6 unspecified atom stereocenters. The molecule has 12 atom stereocenters. The van der Waals surface area contributed by atoms with Gasteiger partial charge >= 0.3 is 11.9 Å². The molecule has 5 aliphatic carbocycles. The van der Waals surface area contributed by atoms with E-state index in [1.807, 2.05) is 55.2 Å². The van der Waals surface area contributed by atoms with E-state index in [-0.39, 0.29) is 82.0 Å². The highest BCUT2D eigenvalue weighted by Gasteiger charge is 2.71. The van der Waals surface area contributed by atoms with Gasteiger partial charge in [0, 0.05) is 43.2 Å². The van der Waals surface area contributed by atoms with Crippen LogP contribution in [0.25, 0.3) is 0 Å². The normalized spacial score (nSPS) is 40.0. The summed E-state index contributed by atoms with van der Waals surface area (Å²) in [7, 11) is 0. The van der Waals surface area contributed by atoms with E-state index in [4.69, 9.17) is 9.47 Å². The summed E-state index contributed by atoms with van der Waals surface area (Å²) in [6.07, 6.45) is 22.7. The number of carbonyl (C=O) groups excluding carboxylic acids is 2. The van der Waals surface area contributed by atoms with Crippen molar-refractivity contribution in [2.45, 2.75) is 144 Å². The van der Waals surface area contributed by atoms with Crippen molar-refractivity contribution in [2.24, 2.45) is 56.7 Å². The Morgan fingerprint density at radius 3 is 2.20 bits per heavy atom. The summed E-state index contributed by atoms with van der Waals surface area (Å²) < 4.78 is 16.9. The van der Waals surface area contributed by atoms with Crippen LogP contribution in [-0.2, 0) is 19.1 Å². The zero-order chi connectivity index (χ0) is 37.3. The lowest BCUT2D eigenvalue weighted by atomic mass is 9.32. The predicted molar refractivity (Wildman–Crippen MR) is 206 cm³/mol. The predicted octanol–water partition coefficient (Wildman–Crippen LogP) is 3.09. The lowest BCUT2D eigenvalue weighted by Crippen LogP contribution is -3.00. The number of rotatable bonds is 8. The minimum atomic E-state index is -0.343. The molecule has 6 aliphatic rings. The van der Waals surface area contributed by atoms with Crippen molar-refractivity contribution in [3.05, 3.63) is 54.9 Å². The van der Waals surface area contributed by atoms with Gasteiger partial charge in [0.05, 0.1) is 6.61 Å². The van der Waals surface area contributed by atoms with Crippen LogP contribution in [0.1, 0.15) is 132 Å². The second kappa shape index (κ2) is 15.6. The highest BCUT2D eigenvalue weighted by molar-refractivity contribution is 5.76. The summed E-state index contributed by atoms with van der Waals surface area (Å²) in [6.45, 7) is 25.0. The molecule has 2 heterocycles. The summed E-state index contributed by atoms with van der Waals surface area (Å²) in [5, 5.41) is 0. The Bertz CT molecular complexity index is 1630. The fraction of sp³-hybridized carbons (Fsp3) is 0.739. The monoisotopic (exact) mass is 782 g/mol. The average Bonchev–Trinajstić information content (AvgIpc) is 3.52. The topological polar surface area (TPSA) is 59.5 Å². The first-order chi connectivity index (χ1) is 24.6. The van der Waals surface area contributed by atoms with Gasteiger partial charge in [-0.15, -0.1) is 0 Å². The van der Waals surface area contributed by atoms with E-state index in [0.717, 1.165) is 38.6 Å². The molecule has 5 saturated carbocycles. The van der Waals surface area contributed by atoms with E-state index < -0.39 is 0 Å². The summed E-state index contributed by atoms with van der Waals surface area (Å²) in [4.78, 5) is 27.0. The van der Waals surface area contributed by atoms with Crippen molar-refractivity contribution in [2.75, 3.05) is 13.2 Å². The number of carbonyl (C=O) groups is 2. The van der Waals surface area contributed by atoms with Gasteiger partial charge in [0.15, 0.2) is 18.6 Å². The minimum absolute atomic E-state index is 0. The van der Waals surface area contributed by atoms with E-state index >= 15 is 0 Å². The molecule has 1 aromatic rings. The first-order valence-electron chi connectivity index (χ1n) is 20.8. The molecule has 1 aromatic heterocycles. The van der Waals surface area contributed by atoms with Crippen molar-refractivity contribution < 1.29 is 53.0 Å². The van der Waals surface area contributed by atoms with Crippen LogP contribution in [0.5, 0.6) is 0 Å². The molecule has 0 aromatic carbocycles. The van der Waals surface area contributed by atoms with Crippen molar-refractivity contribution >= 4 is 18.2 Å². The largest absolute Gasteiger partial charge is 1.00 e. The van der Waals surface area contributed by atoms with Gasteiger partial charge in [0.25, 0.3) is 6.04 Å². The van der Waals surface area contributed by atoms with Gasteiger partial charge in [-0.25, -0.2) is 14.2 Å². The van der Waals surface area contributed by atoms with Crippen molar-refractivity contribution in [3.63, 3.8) is 0 Å². The zero-order valence-electron chi connectivity index (χ0n) is 34.4. The quantitative estimate of drug-likeness (QED) is 0.231. The Balaban J connectivity index is 0.00000280. The molecular weight excluding hydrogens is 715 g/mol. The lowest BCUT2D eigenvalue weighted by molar-refractivity contribution is -0.707. The Labute approximate surface area is 338 Å². The molecule has 5 fully saturated rings. The summed E-state index contributed by atoms with van der Waals surface area (Å²) in [5.74, 6) is 2.56. The maximum absolute atomic E-state index is 13.5. The van der Waals surface area contributed by atoms with Crippen LogP contribution in [0.4, 0.5) is 0 Å². The molecule has 300 valence electrons. The van der Waals surface area contributed by atoms with Crippen LogP contribution in [0.15, 0.2) is 54.9 Å². The van der Waals surface area contributed by atoms with Crippen molar-refractivity contribution in [3.8, 4) is 0 Å². The number of allylic oxidation sites excluding steroid dienone is 2. The van der Waals surface area contributed by atoms with E-state index in [9.17, 15) is 9.59 Å². The van der Waals surface area contributed by atoms with Gasteiger partial charge in [0.1, 0.15) is 12.6 Å². The molecule has 7 rings (SSSR count). The van der Waals surface area contributed by atoms with E-state index in [1.54, 1.807) is 0 Å². The van der Waals surface area contributed by atoms with Crippen LogP contribution < -0.4 is 29.4 Å². The Kier molecular flexibility index (Phi) is 12.4. The highest BCUT2D eigenvalue weighted by atomic mass is 35.5. The van der Waals surface area contributed by atoms with E-state index in [0.29, 0.717) is 36.2 Å². The molecule has 0 amide bonds. The number of aromatic nitrogens is 1. The Morgan fingerprint density at radius 1 is 0.815 bits per heavy atom. The maximum Gasteiger partial charge on any atom is 0.375 e. The van der Waals surface area contributed by atoms with Gasteiger partial charge < -0.3 is 34.3 Å². The number of esters is 2. The molecule has 0 radical (unpaired) electrons. The molecular formula is C46H68Cl2N2O4. The smallest absolute Gasteiger partial charge is 0.375 e. The third-order valence-electron chi connectivity index (χ3n) is 17.3. The number of pyridine rings is 1. The summed E-state index contributed by atoms with van der Waals surface area (Å²) >= 11 is 0. The van der Waals surface area contributed by atoms with Crippen LogP contribution in [0, 0.1) is 56.7 Å². The summed E-state index contributed by atoms with van der Waals surface area (Å²) in [5.41, 5.74) is 1.93. The summed E-state index contributed by atoms with van der Waals surface area (Å²) in [6, 6.07) is 5.31.